The summed E-state index contributed by atoms with van der Waals surface area (Å²) >= 11 is 0. The second-order valence-corrected chi connectivity index (χ2v) is 6.40. The molecule has 3 aromatic rings. The molecule has 0 aromatic heterocycles. The third kappa shape index (κ3) is 4.17. The predicted molar refractivity (Wildman–Crippen MR) is 87.7 cm³/mol. The fourth-order valence-corrected chi connectivity index (χ4v) is 2.70. The fraction of sp³-hybridized carbons (Fsp3) is 0. The van der Waals surface area contributed by atoms with Crippen LogP contribution >= 0.6 is 0 Å². The van der Waals surface area contributed by atoms with Crippen LogP contribution in [0.25, 0.3) is 10.8 Å². The van der Waals surface area contributed by atoms with Crippen molar-refractivity contribution in [3.8, 4) is 11.5 Å². The summed E-state index contributed by atoms with van der Waals surface area (Å²) < 4.78 is 31.4. The molecule has 0 saturated carbocycles. The number of nitrogens with zero attached hydrogens (tertiary/aromatic N) is 2. The molecule has 0 heterocycles. The van der Waals surface area contributed by atoms with Gasteiger partial charge in [0.2, 0.25) is 0 Å². The van der Waals surface area contributed by atoms with Gasteiger partial charge >= 0.3 is 29.6 Å². The zero-order chi connectivity index (χ0) is 17.3. The average Bonchev–Trinajstić information content (AvgIpc) is 2.54. The summed E-state index contributed by atoms with van der Waals surface area (Å²) in [6.45, 7) is 0. The largest absolute Gasteiger partial charge is 1.00 e. The van der Waals surface area contributed by atoms with Crippen molar-refractivity contribution in [2.24, 2.45) is 10.2 Å². The molecule has 7 nitrogen and oxygen atoms in total. The van der Waals surface area contributed by atoms with Crippen LogP contribution in [0.1, 0.15) is 0 Å². The van der Waals surface area contributed by atoms with E-state index in [-0.39, 0.29) is 52.4 Å². The van der Waals surface area contributed by atoms with Gasteiger partial charge in [0.1, 0.15) is 22.9 Å². The van der Waals surface area contributed by atoms with E-state index in [9.17, 15) is 18.6 Å². The van der Waals surface area contributed by atoms with Crippen molar-refractivity contribution in [3.05, 3.63) is 54.6 Å². The molecule has 0 saturated heterocycles. The maximum Gasteiger partial charge on any atom is 1.00 e. The molecular weight excluding hydrogens is 355 g/mol. The summed E-state index contributed by atoms with van der Waals surface area (Å²) in [5.41, 5.74) is 0.0298. The van der Waals surface area contributed by atoms with E-state index in [1.54, 1.807) is 18.2 Å². The van der Waals surface area contributed by atoms with E-state index >= 15 is 0 Å². The molecule has 3 N–H and O–H groups in total. The van der Waals surface area contributed by atoms with Gasteiger partial charge in [0, 0.05) is 5.39 Å². The summed E-state index contributed by atoms with van der Waals surface area (Å²) in [7, 11) is -4.43. The summed E-state index contributed by atoms with van der Waals surface area (Å²) in [6.07, 6.45) is 0. The van der Waals surface area contributed by atoms with Gasteiger partial charge in [0.05, 0.1) is 4.90 Å². The Morgan fingerprint density at radius 2 is 1.52 bits per heavy atom. The number of phenols is 2. The Hall–Kier alpha value is -1.97. The van der Waals surface area contributed by atoms with E-state index in [2.05, 4.69) is 10.2 Å². The van der Waals surface area contributed by atoms with Crippen LogP contribution in [0.5, 0.6) is 11.5 Å². The maximum absolute atomic E-state index is 11.2. The third-order valence-electron chi connectivity index (χ3n) is 3.38. The maximum atomic E-state index is 11.2. The first-order valence-electron chi connectivity index (χ1n) is 6.79. The Kier molecular flexibility index (Phi) is 5.81. The van der Waals surface area contributed by atoms with E-state index in [1.165, 1.54) is 6.07 Å². The van der Waals surface area contributed by atoms with Crippen LogP contribution in [0.4, 0.5) is 11.4 Å². The smallest absolute Gasteiger partial charge is 0.506 e. The first-order valence-corrected chi connectivity index (χ1v) is 8.23. The van der Waals surface area contributed by atoms with Gasteiger partial charge in [-0.3, -0.25) is 4.55 Å². The van der Waals surface area contributed by atoms with Crippen molar-refractivity contribution in [2.75, 3.05) is 0 Å². The molecule has 25 heavy (non-hydrogen) atoms. The Morgan fingerprint density at radius 1 is 0.840 bits per heavy atom. The monoisotopic (exact) mass is 367 g/mol. The number of aromatic hydroxyl groups is 2. The Bertz CT molecular complexity index is 1070. The van der Waals surface area contributed by atoms with Gasteiger partial charge in [0.25, 0.3) is 10.1 Å². The van der Waals surface area contributed by atoms with Gasteiger partial charge < -0.3 is 10.2 Å². The van der Waals surface area contributed by atoms with Gasteiger partial charge in [-0.1, -0.05) is 30.3 Å². The topological polar surface area (TPSA) is 120 Å². The van der Waals surface area contributed by atoms with E-state index in [4.69, 9.17) is 4.55 Å². The molecule has 0 amide bonds. The number of azo groups is 1. The van der Waals surface area contributed by atoms with E-state index in [0.717, 1.165) is 23.6 Å². The normalized spacial score (nSPS) is 11.6. The Balaban J connectivity index is 0.00000225. The summed E-state index contributed by atoms with van der Waals surface area (Å²) in [6, 6.07) is 13.5. The van der Waals surface area contributed by atoms with Crippen molar-refractivity contribution in [3.63, 3.8) is 0 Å². The van der Waals surface area contributed by atoms with Crippen LogP contribution in [0, 0.1) is 0 Å². The Morgan fingerprint density at radius 3 is 2.24 bits per heavy atom. The van der Waals surface area contributed by atoms with Crippen molar-refractivity contribution >= 4 is 32.3 Å². The fourth-order valence-electron chi connectivity index (χ4n) is 2.20. The van der Waals surface area contributed by atoms with Gasteiger partial charge in [-0.25, -0.2) is 0 Å². The molecule has 122 valence electrons. The van der Waals surface area contributed by atoms with Crippen LogP contribution < -0.4 is 29.6 Å². The Labute approximate surface area is 165 Å². The molecule has 9 heteroatoms. The zero-order valence-corrected chi connectivity index (χ0v) is 16.0. The summed E-state index contributed by atoms with van der Waals surface area (Å²) in [5, 5.41) is 29.0. The standard InChI is InChI=1S/C16H12N2O5S.Na/c19-14-8-6-11(24(21,22)23)9-13(14)17-18-16-12-4-2-1-3-10(12)5-7-15(16)20;/h1-9,19-20H,(H,21,22,23);/q;+1. The molecule has 0 fully saturated rings. The minimum Gasteiger partial charge on any atom is -0.506 e. The quantitative estimate of drug-likeness (QED) is 0.361. The predicted octanol–water partition coefficient (Wildman–Crippen LogP) is 0.917. The molecule has 0 aliphatic heterocycles. The molecule has 0 unspecified atom stereocenters. The van der Waals surface area contributed by atoms with Crippen LogP contribution in [0.15, 0.2) is 69.7 Å². The third-order valence-corrected chi connectivity index (χ3v) is 4.23. The number of rotatable bonds is 3. The van der Waals surface area contributed by atoms with Gasteiger partial charge in [-0.2, -0.15) is 8.42 Å². The van der Waals surface area contributed by atoms with Crippen molar-refractivity contribution in [1.82, 2.24) is 0 Å². The molecule has 0 atom stereocenters. The van der Waals surface area contributed by atoms with Gasteiger partial charge in [-0.15, -0.1) is 10.2 Å². The summed E-state index contributed by atoms with van der Waals surface area (Å²) in [5.74, 6) is -0.422. The molecule has 0 radical (unpaired) electrons. The van der Waals surface area contributed by atoms with Crippen molar-refractivity contribution < 1.29 is 52.7 Å². The van der Waals surface area contributed by atoms with Gasteiger partial charge in [0.15, 0.2) is 0 Å². The molecule has 3 aromatic carbocycles. The minimum absolute atomic E-state index is 0. The van der Waals surface area contributed by atoms with E-state index in [1.807, 2.05) is 12.1 Å². The molecule has 0 bridgehead atoms. The summed E-state index contributed by atoms with van der Waals surface area (Å²) in [4.78, 5) is -0.420. The molecule has 0 spiro atoms. The number of phenolic OH excluding ortho intramolecular Hbond substituents is 2. The first kappa shape index (κ1) is 19.4. The van der Waals surface area contributed by atoms with Crippen LogP contribution in [0.3, 0.4) is 0 Å². The number of fused-ring (bicyclic) bond motifs is 1. The zero-order valence-electron chi connectivity index (χ0n) is 13.2. The van der Waals surface area contributed by atoms with Crippen LogP contribution in [-0.2, 0) is 10.1 Å². The van der Waals surface area contributed by atoms with Crippen LogP contribution in [0.2, 0.25) is 0 Å². The average molecular weight is 367 g/mol. The second kappa shape index (κ2) is 7.51. The van der Waals surface area contributed by atoms with E-state index < -0.39 is 15.0 Å². The van der Waals surface area contributed by atoms with E-state index in [0.29, 0.717) is 5.39 Å². The molecule has 3 rings (SSSR count). The minimum atomic E-state index is -4.43. The van der Waals surface area contributed by atoms with Crippen LogP contribution in [-0.4, -0.2) is 23.2 Å². The molecule has 0 aliphatic carbocycles. The number of hydrogen-bond acceptors (Lipinski definition) is 6. The number of hydrogen-bond donors (Lipinski definition) is 3. The molecule has 0 aliphatic rings. The van der Waals surface area contributed by atoms with Crippen molar-refractivity contribution in [1.29, 1.82) is 0 Å². The van der Waals surface area contributed by atoms with Crippen molar-refractivity contribution in [2.45, 2.75) is 4.90 Å². The second-order valence-electron chi connectivity index (χ2n) is 4.98. The molecular formula is C16H12N2NaO5S+. The van der Waals surface area contributed by atoms with Gasteiger partial charge in [-0.05, 0) is 29.7 Å². The first-order chi connectivity index (χ1) is 11.4. The number of benzene rings is 3. The SMILES string of the molecule is O=S(=O)(O)c1ccc(O)c(N=Nc2c(O)ccc3ccccc23)c1.[Na+].